The van der Waals surface area contributed by atoms with E-state index in [2.05, 4.69) is 14.7 Å². The minimum Gasteiger partial charge on any atom is -0.342 e. The van der Waals surface area contributed by atoms with Gasteiger partial charge in [0.1, 0.15) is 11.6 Å². The van der Waals surface area contributed by atoms with Gasteiger partial charge in [-0.3, -0.25) is 0 Å². The molecule has 2 rings (SSSR count). The smallest absolute Gasteiger partial charge is 0.214 e. The minimum atomic E-state index is -0.707. The number of hydrogen-bond donors (Lipinski definition) is 0. The van der Waals surface area contributed by atoms with E-state index in [9.17, 15) is 8.78 Å². The van der Waals surface area contributed by atoms with Crippen LogP contribution >= 0.6 is 0 Å². The Hall–Kier alpha value is -1.78. The first-order valence-electron chi connectivity index (χ1n) is 3.49. The van der Waals surface area contributed by atoms with E-state index >= 15 is 0 Å². The minimum absolute atomic E-state index is 0.109. The third-order valence-electron chi connectivity index (χ3n) is 1.53. The molecule has 0 aliphatic carbocycles. The van der Waals surface area contributed by atoms with Gasteiger partial charge in [-0.25, -0.2) is 8.78 Å². The van der Waals surface area contributed by atoms with Crippen LogP contribution in [0.3, 0.4) is 0 Å². The lowest BCUT2D eigenvalue weighted by Crippen LogP contribution is -1.87. The molecule has 2 aromatic rings. The van der Waals surface area contributed by atoms with Gasteiger partial charge in [0.25, 0.3) is 0 Å². The maximum atomic E-state index is 13.1. The molecule has 1 heterocycles. The quantitative estimate of drug-likeness (QED) is 0.677. The second-order valence-electron chi connectivity index (χ2n) is 2.38. The molecule has 0 radical (unpaired) electrons. The molecular formula is C8H4F2N2O. The van der Waals surface area contributed by atoms with Crippen molar-refractivity contribution in [1.82, 2.24) is 10.1 Å². The number of benzene rings is 1. The standard InChI is InChI=1S/C8H4F2N2O/c9-5-1-2-6(7(10)3-5)8-11-4-13-12-8/h1-4H. The Morgan fingerprint density at radius 3 is 2.69 bits per heavy atom. The topological polar surface area (TPSA) is 38.9 Å². The molecule has 3 nitrogen and oxygen atoms in total. The van der Waals surface area contributed by atoms with Crippen LogP contribution in [-0.4, -0.2) is 10.1 Å². The highest BCUT2D eigenvalue weighted by atomic mass is 19.1. The average molecular weight is 182 g/mol. The zero-order valence-electron chi connectivity index (χ0n) is 6.37. The predicted molar refractivity (Wildman–Crippen MR) is 39.7 cm³/mol. The summed E-state index contributed by atoms with van der Waals surface area (Å²) in [7, 11) is 0. The maximum absolute atomic E-state index is 13.1. The molecule has 0 saturated carbocycles. The van der Waals surface area contributed by atoms with E-state index in [-0.39, 0.29) is 11.4 Å². The molecule has 0 N–H and O–H groups in total. The van der Waals surface area contributed by atoms with Gasteiger partial charge in [-0.15, -0.1) is 0 Å². The zero-order chi connectivity index (χ0) is 9.26. The molecule has 0 spiro atoms. The molecule has 13 heavy (non-hydrogen) atoms. The van der Waals surface area contributed by atoms with Crippen LogP contribution in [0, 0.1) is 11.6 Å². The van der Waals surface area contributed by atoms with Crippen molar-refractivity contribution in [1.29, 1.82) is 0 Å². The predicted octanol–water partition coefficient (Wildman–Crippen LogP) is 2.01. The second-order valence-corrected chi connectivity index (χ2v) is 2.38. The van der Waals surface area contributed by atoms with Crippen LogP contribution in [0.5, 0.6) is 0 Å². The number of nitrogens with zero attached hydrogens (tertiary/aromatic N) is 2. The summed E-state index contributed by atoms with van der Waals surface area (Å²) in [6.07, 6.45) is 1.08. The summed E-state index contributed by atoms with van der Waals surface area (Å²) >= 11 is 0. The van der Waals surface area contributed by atoms with Crippen molar-refractivity contribution in [2.75, 3.05) is 0 Å². The molecule has 0 amide bonds. The molecule has 0 unspecified atom stereocenters. The SMILES string of the molecule is Fc1ccc(-c2ncon2)c(F)c1. The summed E-state index contributed by atoms with van der Waals surface area (Å²) in [5, 5.41) is 3.43. The zero-order valence-corrected chi connectivity index (χ0v) is 6.37. The summed E-state index contributed by atoms with van der Waals surface area (Å²) in [6, 6.07) is 3.16. The molecule has 0 aliphatic heterocycles. The van der Waals surface area contributed by atoms with E-state index in [0.717, 1.165) is 18.5 Å². The largest absolute Gasteiger partial charge is 0.342 e. The summed E-state index contributed by atoms with van der Waals surface area (Å²) in [4.78, 5) is 3.64. The molecule has 5 heteroatoms. The Kier molecular flexibility index (Phi) is 1.77. The van der Waals surface area contributed by atoms with E-state index < -0.39 is 11.6 Å². The van der Waals surface area contributed by atoms with Gasteiger partial charge in [-0.2, -0.15) is 4.98 Å². The average Bonchev–Trinajstić information content (AvgIpc) is 2.56. The van der Waals surface area contributed by atoms with Gasteiger partial charge in [0, 0.05) is 6.07 Å². The van der Waals surface area contributed by atoms with E-state index in [4.69, 9.17) is 0 Å². The summed E-state index contributed by atoms with van der Waals surface area (Å²) in [5.74, 6) is -1.23. The molecule has 1 aromatic heterocycles. The van der Waals surface area contributed by atoms with Gasteiger partial charge in [0.2, 0.25) is 12.2 Å². The molecule has 0 fully saturated rings. The lowest BCUT2D eigenvalue weighted by Gasteiger charge is -1.95. The molecule has 0 aliphatic rings. The van der Waals surface area contributed by atoms with Crippen molar-refractivity contribution < 1.29 is 13.3 Å². The monoisotopic (exact) mass is 182 g/mol. The fraction of sp³-hybridized carbons (Fsp3) is 0. The van der Waals surface area contributed by atoms with Crippen molar-refractivity contribution in [3.05, 3.63) is 36.2 Å². The number of hydrogen-bond acceptors (Lipinski definition) is 3. The van der Waals surface area contributed by atoms with E-state index in [0.29, 0.717) is 0 Å². The fourth-order valence-corrected chi connectivity index (χ4v) is 0.960. The third kappa shape index (κ3) is 1.40. The van der Waals surface area contributed by atoms with Crippen molar-refractivity contribution in [2.24, 2.45) is 0 Å². The van der Waals surface area contributed by atoms with Gasteiger partial charge in [-0.05, 0) is 12.1 Å². The Bertz CT molecular complexity index is 414. The summed E-state index contributed by atoms with van der Waals surface area (Å²) < 4.78 is 30.0. The first-order chi connectivity index (χ1) is 6.27. The van der Waals surface area contributed by atoms with Crippen LogP contribution in [0.1, 0.15) is 0 Å². The van der Waals surface area contributed by atoms with Gasteiger partial charge in [-0.1, -0.05) is 5.16 Å². The van der Waals surface area contributed by atoms with Crippen molar-refractivity contribution in [2.45, 2.75) is 0 Å². The van der Waals surface area contributed by atoms with Gasteiger partial charge in [0.15, 0.2) is 0 Å². The van der Waals surface area contributed by atoms with Crippen molar-refractivity contribution >= 4 is 0 Å². The highest BCUT2D eigenvalue weighted by molar-refractivity contribution is 5.54. The van der Waals surface area contributed by atoms with Crippen LogP contribution in [0.15, 0.2) is 29.1 Å². The summed E-state index contributed by atoms with van der Waals surface area (Å²) in [6.45, 7) is 0. The van der Waals surface area contributed by atoms with Crippen LogP contribution in [0.2, 0.25) is 0 Å². The number of rotatable bonds is 1. The lowest BCUT2D eigenvalue weighted by molar-refractivity contribution is 0.418. The number of halogens is 2. The van der Waals surface area contributed by atoms with Gasteiger partial charge in [0.05, 0.1) is 5.56 Å². The van der Waals surface area contributed by atoms with Gasteiger partial charge >= 0.3 is 0 Å². The molecule has 0 atom stereocenters. The van der Waals surface area contributed by atoms with E-state index in [1.165, 1.54) is 6.07 Å². The fourth-order valence-electron chi connectivity index (χ4n) is 0.960. The van der Waals surface area contributed by atoms with E-state index in [1.807, 2.05) is 0 Å². The van der Waals surface area contributed by atoms with Gasteiger partial charge < -0.3 is 4.52 Å². The number of aromatic nitrogens is 2. The first-order valence-corrected chi connectivity index (χ1v) is 3.49. The Morgan fingerprint density at radius 1 is 1.23 bits per heavy atom. The van der Waals surface area contributed by atoms with E-state index in [1.54, 1.807) is 0 Å². The van der Waals surface area contributed by atoms with Crippen molar-refractivity contribution in [3.63, 3.8) is 0 Å². The molecule has 0 bridgehead atoms. The third-order valence-corrected chi connectivity index (χ3v) is 1.53. The molecular weight excluding hydrogens is 178 g/mol. The molecule has 0 saturated heterocycles. The highest BCUT2D eigenvalue weighted by Gasteiger charge is 2.09. The Balaban J connectivity index is 2.53. The van der Waals surface area contributed by atoms with Crippen molar-refractivity contribution in [3.8, 4) is 11.4 Å². The first kappa shape index (κ1) is 7.85. The normalized spacial score (nSPS) is 10.3. The second kappa shape index (κ2) is 2.93. The summed E-state index contributed by atoms with van der Waals surface area (Å²) in [5.41, 5.74) is 0.121. The highest BCUT2D eigenvalue weighted by Crippen LogP contribution is 2.18. The van der Waals surface area contributed by atoms with Crippen LogP contribution < -0.4 is 0 Å². The van der Waals surface area contributed by atoms with Crippen LogP contribution in [-0.2, 0) is 0 Å². The van der Waals surface area contributed by atoms with Crippen LogP contribution in [0.4, 0.5) is 8.78 Å². The lowest BCUT2D eigenvalue weighted by atomic mass is 10.2. The maximum Gasteiger partial charge on any atom is 0.214 e. The molecule has 66 valence electrons. The molecule has 1 aromatic carbocycles. The Labute approximate surface area is 72.0 Å². The Morgan fingerprint density at radius 2 is 2.08 bits per heavy atom. The van der Waals surface area contributed by atoms with Crippen LogP contribution in [0.25, 0.3) is 11.4 Å².